The number of aromatic nitrogens is 3. The van der Waals surface area contributed by atoms with E-state index in [4.69, 9.17) is 4.74 Å². The molecular formula is C41H33N3O. The fraction of sp³-hybridized carbons (Fsp3) is 0.0732. The summed E-state index contributed by atoms with van der Waals surface area (Å²) in [5.41, 5.74) is 12.0. The molecule has 0 amide bonds. The van der Waals surface area contributed by atoms with Crippen molar-refractivity contribution in [2.24, 2.45) is 0 Å². The van der Waals surface area contributed by atoms with Gasteiger partial charge in [-0.15, -0.1) is 0 Å². The van der Waals surface area contributed by atoms with Crippen LogP contribution in [-0.2, 0) is 0 Å². The van der Waals surface area contributed by atoms with Gasteiger partial charge in [0, 0.05) is 11.8 Å². The Morgan fingerprint density at radius 2 is 1.22 bits per heavy atom. The van der Waals surface area contributed by atoms with Crippen LogP contribution < -0.4 is 9.30 Å². The average Bonchev–Trinajstić information content (AvgIpc) is 3.46. The van der Waals surface area contributed by atoms with Crippen molar-refractivity contribution in [2.75, 3.05) is 0 Å². The highest BCUT2D eigenvalue weighted by atomic mass is 16.5. The first-order chi connectivity index (χ1) is 22.0. The number of benzene rings is 5. The average molecular weight is 584 g/mol. The van der Waals surface area contributed by atoms with Crippen molar-refractivity contribution in [1.82, 2.24) is 9.55 Å². The quantitative estimate of drug-likeness (QED) is 0.138. The van der Waals surface area contributed by atoms with Crippen molar-refractivity contribution in [2.45, 2.75) is 20.8 Å². The van der Waals surface area contributed by atoms with E-state index >= 15 is 0 Å². The van der Waals surface area contributed by atoms with Gasteiger partial charge in [-0.05, 0) is 85.5 Å². The van der Waals surface area contributed by atoms with Gasteiger partial charge in [0.2, 0.25) is 0 Å². The lowest BCUT2D eigenvalue weighted by Gasteiger charge is -2.16. The molecular weight excluding hydrogens is 550 g/mol. The van der Waals surface area contributed by atoms with Crippen molar-refractivity contribution in [3.8, 4) is 56.6 Å². The SMILES string of the molecule is Cc1cc(C)c(-[n+]2[c-]n(-c3cccc(Oc4cccc(-c5ccccn5)c4)c3)c(-c3ccccc3)c2-c2ccccc2)c(C)c1. The highest BCUT2D eigenvalue weighted by Gasteiger charge is 2.23. The topological polar surface area (TPSA) is 30.9 Å². The Balaban J connectivity index is 1.40. The van der Waals surface area contributed by atoms with E-state index in [1.54, 1.807) is 6.20 Å². The van der Waals surface area contributed by atoms with Gasteiger partial charge >= 0.3 is 0 Å². The Labute approximate surface area is 264 Å². The lowest BCUT2D eigenvalue weighted by Crippen LogP contribution is -2.34. The number of hydrogen-bond donors (Lipinski definition) is 0. The molecule has 0 unspecified atom stereocenters. The standard InChI is InChI=1S/C41H33N3O/c1-29-24-30(2)39(31(3)25-29)44-28-43(40(32-14-6-4-7-15-32)41(44)33-16-8-5-9-17-33)35-19-13-21-37(27-35)45-36-20-12-18-34(26-36)38-22-10-11-23-42-38/h4-27H,1-3H3. The van der Waals surface area contributed by atoms with Gasteiger partial charge in [0.15, 0.2) is 0 Å². The van der Waals surface area contributed by atoms with Crippen molar-refractivity contribution in [1.29, 1.82) is 0 Å². The molecule has 0 aliphatic rings. The maximum Gasteiger partial charge on any atom is 0.269 e. The fourth-order valence-electron chi connectivity index (χ4n) is 6.08. The summed E-state index contributed by atoms with van der Waals surface area (Å²) in [4.78, 5) is 4.50. The maximum absolute atomic E-state index is 6.44. The van der Waals surface area contributed by atoms with E-state index in [2.05, 4.69) is 126 Å². The van der Waals surface area contributed by atoms with Gasteiger partial charge in [-0.1, -0.05) is 103 Å². The molecule has 0 bridgehead atoms. The van der Waals surface area contributed by atoms with E-state index in [-0.39, 0.29) is 0 Å². The van der Waals surface area contributed by atoms with Crippen LogP contribution >= 0.6 is 0 Å². The van der Waals surface area contributed by atoms with Gasteiger partial charge in [-0.3, -0.25) is 14.1 Å². The lowest BCUT2D eigenvalue weighted by atomic mass is 10.0. The summed E-state index contributed by atoms with van der Waals surface area (Å²) in [6.07, 6.45) is 5.58. The van der Waals surface area contributed by atoms with Crippen LogP contribution in [-0.4, -0.2) is 9.55 Å². The predicted octanol–water partition coefficient (Wildman–Crippen LogP) is 9.67. The largest absolute Gasteiger partial charge is 0.458 e. The highest BCUT2D eigenvalue weighted by Crippen LogP contribution is 2.35. The monoisotopic (exact) mass is 583 g/mol. The summed E-state index contributed by atoms with van der Waals surface area (Å²) >= 11 is 0. The minimum atomic E-state index is 0.738. The predicted molar refractivity (Wildman–Crippen MR) is 181 cm³/mol. The molecule has 0 spiro atoms. The number of aryl methyl sites for hydroxylation is 3. The Morgan fingerprint density at radius 3 is 1.91 bits per heavy atom. The Kier molecular flexibility index (Phi) is 7.54. The van der Waals surface area contributed by atoms with Crippen LogP contribution in [0.5, 0.6) is 11.5 Å². The van der Waals surface area contributed by atoms with Crippen LogP contribution in [0.15, 0.2) is 146 Å². The van der Waals surface area contributed by atoms with Gasteiger partial charge < -0.3 is 4.74 Å². The number of ether oxygens (including phenoxy) is 1. The molecule has 0 fully saturated rings. The summed E-state index contributed by atoms with van der Waals surface area (Å²) in [7, 11) is 0. The van der Waals surface area contributed by atoms with Crippen LogP contribution in [0.4, 0.5) is 0 Å². The number of nitrogens with zero attached hydrogens (tertiary/aromatic N) is 3. The number of pyridine rings is 1. The molecule has 218 valence electrons. The van der Waals surface area contributed by atoms with Crippen LogP contribution in [0.2, 0.25) is 0 Å². The number of rotatable bonds is 7. The second-order valence-corrected chi connectivity index (χ2v) is 11.3. The molecule has 0 saturated carbocycles. The first-order valence-corrected chi connectivity index (χ1v) is 15.1. The summed E-state index contributed by atoms with van der Waals surface area (Å²) in [5.74, 6) is 1.49. The van der Waals surface area contributed by atoms with E-state index in [1.165, 1.54) is 16.7 Å². The maximum atomic E-state index is 6.44. The van der Waals surface area contributed by atoms with E-state index in [0.717, 1.165) is 56.6 Å². The van der Waals surface area contributed by atoms with Gasteiger partial charge in [-0.25, -0.2) is 0 Å². The van der Waals surface area contributed by atoms with Crippen LogP contribution in [0.3, 0.4) is 0 Å². The third-order valence-electron chi connectivity index (χ3n) is 7.93. The minimum Gasteiger partial charge on any atom is -0.458 e. The smallest absolute Gasteiger partial charge is 0.269 e. The molecule has 0 atom stereocenters. The number of imidazole rings is 1. The molecule has 2 aromatic heterocycles. The summed E-state index contributed by atoms with van der Waals surface area (Å²) in [5, 5.41) is 0. The Morgan fingerprint density at radius 1 is 0.600 bits per heavy atom. The van der Waals surface area contributed by atoms with Crippen LogP contribution in [0.25, 0.3) is 45.1 Å². The molecule has 7 rings (SSSR count). The Hall–Kier alpha value is -5.74. The Bertz CT molecular complexity index is 2080. The van der Waals surface area contributed by atoms with Gasteiger partial charge in [0.05, 0.1) is 28.5 Å². The molecule has 2 heterocycles. The van der Waals surface area contributed by atoms with Crippen molar-refractivity contribution in [3.05, 3.63) is 169 Å². The molecule has 0 N–H and O–H groups in total. The molecule has 0 radical (unpaired) electrons. The molecule has 45 heavy (non-hydrogen) atoms. The lowest BCUT2D eigenvalue weighted by molar-refractivity contribution is -0.588. The highest BCUT2D eigenvalue weighted by molar-refractivity contribution is 5.78. The van der Waals surface area contributed by atoms with E-state index < -0.39 is 0 Å². The molecule has 0 aliphatic carbocycles. The fourth-order valence-corrected chi connectivity index (χ4v) is 6.08. The van der Waals surface area contributed by atoms with Crippen molar-refractivity contribution < 1.29 is 9.30 Å². The van der Waals surface area contributed by atoms with Crippen LogP contribution in [0.1, 0.15) is 16.7 Å². The molecule has 0 saturated heterocycles. The van der Waals surface area contributed by atoms with Gasteiger partial charge in [-0.2, -0.15) is 0 Å². The number of hydrogen-bond acceptors (Lipinski definition) is 2. The molecule has 5 aromatic carbocycles. The zero-order chi connectivity index (χ0) is 30.8. The minimum absolute atomic E-state index is 0.738. The summed E-state index contributed by atoms with van der Waals surface area (Å²) in [6.45, 7) is 6.50. The molecule has 7 aromatic rings. The second-order valence-electron chi connectivity index (χ2n) is 11.3. The van der Waals surface area contributed by atoms with Crippen LogP contribution in [0, 0.1) is 27.1 Å². The van der Waals surface area contributed by atoms with Gasteiger partial charge in [0.25, 0.3) is 6.33 Å². The van der Waals surface area contributed by atoms with Crippen molar-refractivity contribution >= 4 is 0 Å². The third-order valence-corrected chi connectivity index (χ3v) is 7.93. The summed E-state index contributed by atoms with van der Waals surface area (Å²) < 4.78 is 10.8. The molecule has 4 nitrogen and oxygen atoms in total. The zero-order valence-corrected chi connectivity index (χ0v) is 25.6. The second kappa shape index (κ2) is 12.1. The van der Waals surface area contributed by atoms with Crippen molar-refractivity contribution in [3.63, 3.8) is 0 Å². The zero-order valence-electron chi connectivity index (χ0n) is 25.6. The third kappa shape index (κ3) is 5.66. The normalized spacial score (nSPS) is 11.0. The first kappa shape index (κ1) is 28.1. The van der Waals surface area contributed by atoms with E-state index in [9.17, 15) is 0 Å². The van der Waals surface area contributed by atoms with E-state index in [1.807, 2.05) is 54.6 Å². The van der Waals surface area contributed by atoms with E-state index in [0.29, 0.717) is 0 Å². The first-order valence-electron chi connectivity index (χ1n) is 15.1. The summed E-state index contributed by atoms with van der Waals surface area (Å²) in [6, 6.07) is 47.8. The molecule has 0 aliphatic heterocycles. The van der Waals surface area contributed by atoms with Gasteiger partial charge in [0.1, 0.15) is 11.5 Å². The molecule has 4 heteroatoms.